The van der Waals surface area contributed by atoms with E-state index < -0.39 is 7.92 Å². The molecule has 0 fully saturated rings. The molecule has 3 aromatic carbocycles. The van der Waals surface area contributed by atoms with Crippen LogP contribution in [0.5, 0.6) is 5.75 Å². The van der Waals surface area contributed by atoms with Crippen molar-refractivity contribution in [2.24, 2.45) is 0 Å². The third-order valence-corrected chi connectivity index (χ3v) is 5.90. The molecular weight excluding hydrogens is 294 g/mol. The highest BCUT2D eigenvalue weighted by Gasteiger charge is 2.19. The molecular formula is C19H16FOP. The number of hydrogen-bond donors (Lipinski definition) is 0. The van der Waals surface area contributed by atoms with Gasteiger partial charge in [0.05, 0.1) is 7.11 Å². The zero-order valence-corrected chi connectivity index (χ0v) is 13.1. The smallest absolute Gasteiger partial charge is 0.135 e. The van der Waals surface area contributed by atoms with E-state index in [9.17, 15) is 4.39 Å². The van der Waals surface area contributed by atoms with Gasteiger partial charge in [0.2, 0.25) is 0 Å². The van der Waals surface area contributed by atoms with Crippen LogP contribution >= 0.6 is 7.92 Å². The van der Waals surface area contributed by atoms with Crippen molar-refractivity contribution in [3.8, 4) is 5.75 Å². The molecule has 0 heterocycles. The normalized spacial score (nSPS) is 10.7. The largest absolute Gasteiger partial charge is 0.497 e. The summed E-state index contributed by atoms with van der Waals surface area (Å²) in [7, 11) is 0.633. The molecule has 3 heteroatoms. The Morgan fingerprint density at radius 3 is 1.77 bits per heavy atom. The Hall–Kier alpha value is -2.18. The standard InChI is InChI=1S/C19H16FOP/c1-21-15-12-13-19(18(20)14-15)22(16-8-4-2-5-9-16)17-10-6-3-7-11-17/h2-14H,1H3. The predicted molar refractivity (Wildman–Crippen MR) is 91.7 cm³/mol. The molecule has 22 heavy (non-hydrogen) atoms. The molecule has 0 aromatic heterocycles. The molecule has 110 valence electrons. The summed E-state index contributed by atoms with van der Waals surface area (Å²) in [6.07, 6.45) is 0. The average molecular weight is 310 g/mol. The second kappa shape index (κ2) is 6.72. The molecule has 1 nitrogen and oxygen atoms in total. The Labute approximate surface area is 131 Å². The van der Waals surface area contributed by atoms with Crippen molar-refractivity contribution < 1.29 is 9.13 Å². The summed E-state index contributed by atoms with van der Waals surface area (Å²) in [5, 5.41) is 2.98. The van der Waals surface area contributed by atoms with Crippen molar-refractivity contribution in [3.05, 3.63) is 84.7 Å². The van der Waals surface area contributed by atoms with Gasteiger partial charge in [0.25, 0.3) is 0 Å². The van der Waals surface area contributed by atoms with E-state index in [1.54, 1.807) is 7.11 Å². The highest BCUT2D eigenvalue weighted by Crippen LogP contribution is 2.34. The van der Waals surface area contributed by atoms with Crippen molar-refractivity contribution in [1.29, 1.82) is 0 Å². The molecule has 0 aliphatic heterocycles. The van der Waals surface area contributed by atoms with Crippen molar-refractivity contribution in [1.82, 2.24) is 0 Å². The first-order valence-corrected chi connectivity index (χ1v) is 8.37. The van der Waals surface area contributed by atoms with Gasteiger partial charge < -0.3 is 4.74 Å². The lowest BCUT2D eigenvalue weighted by Gasteiger charge is -2.20. The molecule has 0 aliphatic rings. The lowest BCUT2D eigenvalue weighted by Crippen LogP contribution is -2.22. The third kappa shape index (κ3) is 3.03. The summed E-state index contributed by atoms with van der Waals surface area (Å²) in [5.41, 5.74) is 0. The van der Waals surface area contributed by atoms with Crippen molar-refractivity contribution in [3.63, 3.8) is 0 Å². The van der Waals surface area contributed by atoms with Crippen LogP contribution in [0.1, 0.15) is 0 Å². The molecule has 0 amide bonds. The average Bonchev–Trinajstić information content (AvgIpc) is 2.58. The van der Waals surface area contributed by atoms with E-state index in [0.29, 0.717) is 11.1 Å². The van der Waals surface area contributed by atoms with Crippen LogP contribution in [0, 0.1) is 5.82 Å². The highest BCUT2D eigenvalue weighted by molar-refractivity contribution is 7.79. The topological polar surface area (TPSA) is 9.23 Å². The number of halogens is 1. The Morgan fingerprint density at radius 2 is 1.32 bits per heavy atom. The van der Waals surface area contributed by atoms with Crippen LogP contribution in [0.25, 0.3) is 0 Å². The van der Waals surface area contributed by atoms with Crippen LogP contribution in [0.4, 0.5) is 4.39 Å². The maximum Gasteiger partial charge on any atom is 0.135 e. The first-order chi connectivity index (χ1) is 10.8. The fraction of sp³-hybridized carbons (Fsp3) is 0.0526. The van der Waals surface area contributed by atoms with Gasteiger partial charge in [0.15, 0.2) is 0 Å². The highest BCUT2D eigenvalue weighted by atomic mass is 31.1. The van der Waals surface area contributed by atoms with Crippen molar-refractivity contribution >= 4 is 23.8 Å². The fourth-order valence-electron chi connectivity index (χ4n) is 2.38. The van der Waals surface area contributed by atoms with Gasteiger partial charge in [-0.15, -0.1) is 0 Å². The number of rotatable bonds is 4. The molecule has 0 unspecified atom stereocenters. The molecule has 0 atom stereocenters. The summed E-state index contributed by atoms with van der Waals surface area (Å²) >= 11 is 0. The Morgan fingerprint density at radius 1 is 0.773 bits per heavy atom. The number of benzene rings is 3. The van der Waals surface area contributed by atoms with E-state index in [4.69, 9.17) is 4.74 Å². The first-order valence-electron chi connectivity index (χ1n) is 7.03. The molecule has 0 saturated heterocycles. The molecule has 0 aliphatic carbocycles. The second-order valence-electron chi connectivity index (χ2n) is 4.82. The van der Waals surface area contributed by atoms with Crippen LogP contribution in [0.15, 0.2) is 78.9 Å². The monoisotopic (exact) mass is 310 g/mol. The zero-order valence-electron chi connectivity index (χ0n) is 12.2. The Balaban J connectivity index is 2.14. The molecule has 3 rings (SSSR count). The molecule has 0 saturated carbocycles. The van der Waals surface area contributed by atoms with Crippen LogP contribution in [-0.4, -0.2) is 7.11 Å². The maximum absolute atomic E-state index is 14.6. The Bertz CT molecular complexity index is 704. The van der Waals surface area contributed by atoms with Gasteiger partial charge in [-0.3, -0.25) is 0 Å². The van der Waals surface area contributed by atoms with Gasteiger partial charge in [0.1, 0.15) is 11.6 Å². The van der Waals surface area contributed by atoms with Crippen molar-refractivity contribution in [2.45, 2.75) is 0 Å². The van der Waals surface area contributed by atoms with E-state index in [2.05, 4.69) is 24.3 Å². The minimum Gasteiger partial charge on any atom is -0.497 e. The quantitative estimate of drug-likeness (QED) is 0.669. The minimum atomic E-state index is -0.915. The number of methoxy groups -OCH3 is 1. The van der Waals surface area contributed by atoms with Gasteiger partial charge in [-0.2, -0.15) is 0 Å². The van der Waals surface area contributed by atoms with E-state index in [1.807, 2.05) is 48.5 Å². The lowest BCUT2D eigenvalue weighted by molar-refractivity contribution is 0.411. The zero-order chi connectivity index (χ0) is 15.4. The summed E-state index contributed by atoms with van der Waals surface area (Å²) in [5.74, 6) is 0.315. The predicted octanol–water partition coefficient (Wildman–Crippen LogP) is 3.59. The van der Waals surface area contributed by atoms with Gasteiger partial charge in [-0.25, -0.2) is 4.39 Å². The first kappa shape index (κ1) is 14.7. The van der Waals surface area contributed by atoms with E-state index in [0.717, 1.165) is 10.6 Å². The van der Waals surface area contributed by atoms with Crippen LogP contribution in [-0.2, 0) is 0 Å². The van der Waals surface area contributed by atoms with E-state index in [1.165, 1.54) is 6.07 Å². The molecule has 3 aromatic rings. The number of ether oxygens (including phenoxy) is 1. The fourth-order valence-corrected chi connectivity index (χ4v) is 4.67. The van der Waals surface area contributed by atoms with Crippen LogP contribution in [0.3, 0.4) is 0 Å². The van der Waals surface area contributed by atoms with Gasteiger partial charge in [0, 0.05) is 11.4 Å². The minimum absolute atomic E-state index is 0.224. The maximum atomic E-state index is 14.6. The third-order valence-electron chi connectivity index (χ3n) is 3.42. The van der Waals surface area contributed by atoms with Crippen LogP contribution < -0.4 is 20.7 Å². The van der Waals surface area contributed by atoms with E-state index in [-0.39, 0.29) is 5.82 Å². The summed E-state index contributed by atoms with van der Waals surface area (Å²) in [6.45, 7) is 0. The molecule has 0 bridgehead atoms. The van der Waals surface area contributed by atoms with Gasteiger partial charge in [-0.05, 0) is 30.7 Å². The summed E-state index contributed by atoms with van der Waals surface area (Å²) < 4.78 is 19.7. The van der Waals surface area contributed by atoms with Crippen LogP contribution in [0.2, 0.25) is 0 Å². The Kier molecular flexibility index (Phi) is 4.50. The number of hydrogen-bond acceptors (Lipinski definition) is 1. The second-order valence-corrected chi connectivity index (χ2v) is 7.01. The summed E-state index contributed by atoms with van der Waals surface area (Å²) in [6, 6.07) is 25.3. The lowest BCUT2D eigenvalue weighted by atomic mass is 10.3. The summed E-state index contributed by atoms with van der Waals surface area (Å²) in [4.78, 5) is 0. The molecule has 0 radical (unpaired) electrons. The molecule has 0 N–H and O–H groups in total. The molecule has 0 spiro atoms. The van der Waals surface area contributed by atoms with Gasteiger partial charge in [-0.1, -0.05) is 60.7 Å². The SMILES string of the molecule is COc1ccc(P(c2ccccc2)c2ccccc2)c(F)c1. The van der Waals surface area contributed by atoms with Crippen molar-refractivity contribution in [2.75, 3.05) is 7.11 Å². The van der Waals surface area contributed by atoms with E-state index >= 15 is 0 Å². The van der Waals surface area contributed by atoms with Gasteiger partial charge >= 0.3 is 0 Å².